The first-order valence-corrected chi connectivity index (χ1v) is 14.0. The average Bonchev–Trinajstić information content (AvgIpc) is 3.77. The third-order valence-corrected chi connectivity index (χ3v) is 10.1. The second-order valence-electron chi connectivity index (χ2n) is 10.8. The van der Waals surface area contributed by atoms with E-state index >= 15 is 0 Å². The van der Waals surface area contributed by atoms with Gasteiger partial charge in [-0.25, -0.2) is 8.42 Å². The van der Waals surface area contributed by atoms with Gasteiger partial charge in [0.05, 0.1) is 28.0 Å². The summed E-state index contributed by atoms with van der Waals surface area (Å²) < 4.78 is 112. The van der Waals surface area contributed by atoms with Crippen LogP contribution in [0.2, 0.25) is 0 Å². The summed E-state index contributed by atoms with van der Waals surface area (Å²) in [4.78, 5) is 25.6. The maximum Gasteiger partial charge on any atom is 0.417 e. The summed E-state index contributed by atoms with van der Waals surface area (Å²) in [6.45, 7) is -0.918. The molecule has 0 unspecified atom stereocenters. The zero-order valence-electron chi connectivity index (χ0n) is 21.7. The van der Waals surface area contributed by atoms with Crippen LogP contribution in [0.4, 0.5) is 26.3 Å². The van der Waals surface area contributed by atoms with Crippen LogP contribution in [0, 0.1) is 54.5 Å². The number of hydrogen-bond acceptors (Lipinski definition) is 6. The van der Waals surface area contributed by atoms with Crippen molar-refractivity contribution in [2.45, 2.75) is 66.2 Å². The normalized spacial score (nSPS) is 22.6. The predicted molar refractivity (Wildman–Crippen MR) is 128 cm³/mol. The van der Waals surface area contributed by atoms with E-state index < -0.39 is 92.5 Å². The van der Waals surface area contributed by atoms with E-state index in [1.807, 2.05) is 6.07 Å². The molecule has 9 nitrogen and oxygen atoms in total. The Bertz CT molecular complexity index is 1570. The Morgan fingerprint density at radius 1 is 1.10 bits per heavy atom. The molecule has 3 fully saturated rings. The number of hydrogen-bond donors (Lipinski definition) is 1. The number of nitrogens with one attached hydrogen (secondary N) is 1. The van der Waals surface area contributed by atoms with Crippen LogP contribution in [0.15, 0.2) is 35.5 Å². The minimum Gasteiger partial charge on any atom is -0.336 e. The van der Waals surface area contributed by atoms with Crippen molar-refractivity contribution in [1.29, 1.82) is 5.26 Å². The van der Waals surface area contributed by atoms with Crippen molar-refractivity contribution in [1.82, 2.24) is 20.0 Å². The number of nitriles is 1. The van der Waals surface area contributed by atoms with Gasteiger partial charge in [0.2, 0.25) is 11.8 Å². The van der Waals surface area contributed by atoms with Gasteiger partial charge in [-0.1, -0.05) is 6.07 Å². The van der Waals surface area contributed by atoms with Gasteiger partial charge in [0.25, 0.3) is 0 Å². The maximum atomic E-state index is 14.1. The van der Waals surface area contributed by atoms with E-state index in [0.29, 0.717) is 11.0 Å². The zero-order chi connectivity index (χ0) is 30.2. The first kappa shape index (κ1) is 32.6. The molecule has 1 aliphatic heterocycles. The van der Waals surface area contributed by atoms with Crippen LogP contribution in [0.5, 0.6) is 0 Å². The summed E-state index contributed by atoms with van der Waals surface area (Å²) in [5, 5.41) is 13.8. The Morgan fingerprint density at radius 2 is 1.74 bits per heavy atom. The van der Waals surface area contributed by atoms with Crippen molar-refractivity contribution in [3.05, 3.63) is 36.2 Å². The minimum absolute atomic E-state index is 0. The number of benzene rings is 1. The SMILES string of the molecule is Cn1cc(-c2ccc(S(=O)(=O)[C@@H]3C[C@@H](C(=O)NC4(C#N)CC4)N(C(=O)C4(C(F)(F)F)CC4)C3)c(C(F)(F)F)c2)cn1.[Ar]. The molecular formula is C25H23ArF6N5O4S. The topological polar surface area (TPSA) is 125 Å². The van der Waals surface area contributed by atoms with E-state index in [1.54, 1.807) is 7.05 Å². The van der Waals surface area contributed by atoms with Gasteiger partial charge in [-0.2, -0.15) is 36.7 Å². The van der Waals surface area contributed by atoms with E-state index in [2.05, 4.69) is 10.4 Å². The average molecular weight is 643 g/mol. The van der Waals surface area contributed by atoms with Gasteiger partial charge in [-0.3, -0.25) is 14.3 Å². The summed E-state index contributed by atoms with van der Waals surface area (Å²) in [6.07, 6.45) is -8.75. The van der Waals surface area contributed by atoms with E-state index in [1.165, 1.54) is 17.1 Å². The maximum absolute atomic E-state index is 14.1. The van der Waals surface area contributed by atoms with Gasteiger partial charge in [-0.15, -0.1) is 0 Å². The number of nitrogens with zero attached hydrogens (tertiary/aromatic N) is 4. The molecule has 1 aromatic carbocycles. The quantitative estimate of drug-likeness (QED) is 0.482. The molecule has 0 bridgehead atoms. The Labute approximate surface area is 266 Å². The second kappa shape index (κ2) is 10.7. The molecule has 17 heteroatoms. The molecule has 1 N–H and O–H groups in total. The minimum atomic E-state index is -5.13. The first-order chi connectivity index (χ1) is 18.9. The third-order valence-electron chi connectivity index (χ3n) is 7.92. The van der Waals surface area contributed by atoms with Crippen molar-refractivity contribution in [3.8, 4) is 17.2 Å². The van der Waals surface area contributed by atoms with Crippen LogP contribution < -0.4 is 5.32 Å². The van der Waals surface area contributed by atoms with Crippen LogP contribution in [0.25, 0.3) is 11.1 Å². The van der Waals surface area contributed by atoms with E-state index in [4.69, 9.17) is 0 Å². The van der Waals surface area contributed by atoms with Gasteiger partial charge in [0.1, 0.15) is 17.0 Å². The number of carbonyl (C=O) groups excluding carboxylic acids is 2. The summed E-state index contributed by atoms with van der Waals surface area (Å²) in [5.74, 6) is -2.54. The largest absolute Gasteiger partial charge is 0.417 e. The van der Waals surface area contributed by atoms with Crippen LogP contribution in [-0.4, -0.2) is 64.5 Å². The Balaban J connectivity index is 0.00000405. The van der Waals surface area contributed by atoms with Crippen LogP contribution in [-0.2, 0) is 32.7 Å². The van der Waals surface area contributed by atoms with Crippen molar-refractivity contribution >= 4 is 21.7 Å². The van der Waals surface area contributed by atoms with Gasteiger partial charge < -0.3 is 10.2 Å². The first-order valence-electron chi connectivity index (χ1n) is 12.5. The summed E-state index contributed by atoms with van der Waals surface area (Å²) in [5.41, 5.74) is -5.27. The molecule has 1 saturated heterocycles. The summed E-state index contributed by atoms with van der Waals surface area (Å²) >= 11 is 0. The molecule has 0 spiro atoms. The number of aromatic nitrogens is 2. The molecule has 1 aromatic heterocycles. The fraction of sp³-hybridized carbons (Fsp3) is 0.520. The fourth-order valence-corrected chi connectivity index (χ4v) is 7.04. The number of halogens is 6. The molecular weight excluding hydrogens is 620 g/mol. The molecule has 2 amide bonds. The molecule has 2 heterocycles. The molecule has 2 aliphatic carbocycles. The molecule has 228 valence electrons. The Hall–Kier alpha value is -2.35. The summed E-state index contributed by atoms with van der Waals surface area (Å²) in [6, 6.07) is 2.68. The second-order valence-corrected chi connectivity index (χ2v) is 12.9. The smallest absolute Gasteiger partial charge is 0.336 e. The van der Waals surface area contributed by atoms with Gasteiger partial charge >= 0.3 is 12.4 Å². The molecule has 3 aliphatic rings. The number of amides is 2. The molecule has 5 rings (SSSR count). The number of rotatable bonds is 6. The van der Waals surface area contributed by atoms with Gasteiger partial charge in [0, 0.05) is 63.1 Å². The number of aryl methyl sites for hydroxylation is 1. The number of likely N-dealkylation sites (tertiary alicyclic amines) is 1. The number of sulfone groups is 1. The molecule has 42 heavy (non-hydrogen) atoms. The third kappa shape index (κ3) is 5.65. The van der Waals surface area contributed by atoms with Crippen molar-refractivity contribution in [3.63, 3.8) is 0 Å². The van der Waals surface area contributed by atoms with Crippen molar-refractivity contribution in [2.24, 2.45) is 12.5 Å². The molecule has 2 atom stereocenters. The number of alkyl halides is 6. The van der Waals surface area contributed by atoms with Crippen molar-refractivity contribution in [2.75, 3.05) is 6.54 Å². The standard InChI is InChI=1S/C25H23F6N5O4S.Ar/c1-35-11-15(10-33-35)14-2-3-19(17(8-14)24(26,27)28)41(39,40)16-9-18(20(37)34-22(13-32)4-5-22)36(12-16)21(38)23(6-7-23)25(29,30)31;/h2-3,8,10-11,16,18H,4-7,9,12H2,1H3,(H,34,37);/t16-,18+;/m1./s1. The van der Waals surface area contributed by atoms with Gasteiger partial charge in [0.15, 0.2) is 9.84 Å². The summed E-state index contributed by atoms with van der Waals surface area (Å²) in [7, 11) is -3.39. The number of carbonyl (C=O) groups is 2. The molecule has 2 aromatic rings. The predicted octanol–water partition coefficient (Wildman–Crippen LogP) is 3.36. The Kier molecular flexibility index (Phi) is 8.27. The van der Waals surface area contributed by atoms with Gasteiger partial charge in [-0.05, 0) is 49.8 Å². The molecule has 2 saturated carbocycles. The van der Waals surface area contributed by atoms with E-state index in [-0.39, 0.29) is 61.7 Å². The fourth-order valence-electron chi connectivity index (χ4n) is 5.15. The zero-order valence-corrected chi connectivity index (χ0v) is 23.3. The van der Waals surface area contributed by atoms with E-state index in [9.17, 15) is 49.6 Å². The Morgan fingerprint density at radius 3 is 2.21 bits per heavy atom. The van der Waals surface area contributed by atoms with Crippen LogP contribution >= 0.6 is 0 Å². The van der Waals surface area contributed by atoms with Crippen molar-refractivity contribution < 1.29 is 82.1 Å². The van der Waals surface area contributed by atoms with Crippen LogP contribution in [0.1, 0.15) is 37.7 Å². The van der Waals surface area contributed by atoms with Crippen LogP contribution in [0.3, 0.4) is 0 Å². The monoisotopic (exact) mass is 643 g/mol. The van der Waals surface area contributed by atoms with E-state index in [0.717, 1.165) is 12.1 Å². The molecule has 0 radical (unpaired) electrons.